The lowest BCUT2D eigenvalue weighted by molar-refractivity contribution is 0.251. The third-order valence-electron chi connectivity index (χ3n) is 3.24. The van der Waals surface area contributed by atoms with Crippen molar-refractivity contribution in [2.24, 2.45) is 0 Å². The van der Waals surface area contributed by atoms with Crippen molar-refractivity contribution in [3.63, 3.8) is 0 Å². The zero-order chi connectivity index (χ0) is 12.3. The molecule has 1 unspecified atom stereocenters. The van der Waals surface area contributed by atoms with Gasteiger partial charge in [0.2, 0.25) is 0 Å². The van der Waals surface area contributed by atoms with Gasteiger partial charge in [0.25, 0.3) is 0 Å². The second-order valence-electron chi connectivity index (χ2n) is 4.54. The molecule has 0 saturated heterocycles. The van der Waals surface area contributed by atoms with Crippen LogP contribution in [0.2, 0.25) is 0 Å². The molecule has 17 heavy (non-hydrogen) atoms. The Morgan fingerprint density at radius 3 is 2.88 bits per heavy atom. The van der Waals surface area contributed by atoms with E-state index in [0.29, 0.717) is 6.42 Å². The van der Waals surface area contributed by atoms with Crippen LogP contribution in [0.1, 0.15) is 26.7 Å². The number of aromatic nitrogens is 1. The van der Waals surface area contributed by atoms with E-state index in [1.807, 2.05) is 24.3 Å². The Morgan fingerprint density at radius 1 is 1.41 bits per heavy atom. The van der Waals surface area contributed by atoms with E-state index >= 15 is 0 Å². The number of aliphatic hydroxyl groups is 1. The molecule has 4 nitrogen and oxygen atoms in total. The second kappa shape index (κ2) is 4.75. The monoisotopic (exact) mass is 234 g/mol. The van der Waals surface area contributed by atoms with Gasteiger partial charge in [0.1, 0.15) is 0 Å². The smallest absolute Gasteiger partial charge is 0.177 e. The Labute approximate surface area is 101 Å². The van der Waals surface area contributed by atoms with Crippen LogP contribution >= 0.6 is 0 Å². The molecule has 1 heterocycles. The number of para-hydroxylation sites is 1. The predicted octanol–water partition coefficient (Wildman–Crippen LogP) is 2.79. The third kappa shape index (κ3) is 2.42. The highest BCUT2D eigenvalue weighted by atomic mass is 16.5. The van der Waals surface area contributed by atoms with E-state index in [2.05, 4.69) is 24.3 Å². The molecule has 0 amide bonds. The lowest BCUT2D eigenvalue weighted by atomic mass is 9.95. The van der Waals surface area contributed by atoms with Crippen molar-refractivity contribution in [1.29, 1.82) is 0 Å². The number of nitrogens with one attached hydrogen (secondary N) is 1. The highest BCUT2D eigenvalue weighted by Crippen LogP contribution is 2.27. The van der Waals surface area contributed by atoms with Crippen molar-refractivity contribution in [3.05, 3.63) is 24.3 Å². The largest absolute Gasteiger partial charge is 0.396 e. The van der Waals surface area contributed by atoms with Crippen molar-refractivity contribution >= 4 is 16.8 Å². The van der Waals surface area contributed by atoms with Gasteiger partial charge in [-0.15, -0.1) is 0 Å². The van der Waals surface area contributed by atoms with Crippen molar-refractivity contribution in [2.45, 2.75) is 32.2 Å². The summed E-state index contributed by atoms with van der Waals surface area (Å²) in [5.74, 6) is 0.749. The molecule has 2 N–H and O–H groups in total. The van der Waals surface area contributed by atoms with Crippen molar-refractivity contribution in [1.82, 2.24) is 5.16 Å². The first-order chi connectivity index (χ1) is 8.18. The first-order valence-electron chi connectivity index (χ1n) is 5.92. The normalized spacial score (nSPS) is 14.8. The Balaban J connectivity index is 2.28. The average molecular weight is 234 g/mol. The molecule has 1 atom stereocenters. The summed E-state index contributed by atoms with van der Waals surface area (Å²) in [5.41, 5.74) is 0.617. The molecule has 2 rings (SSSR count). The van der Waals surface area contributed by atoms with Gasteiger partial charge in [-0.1, -0.05) is 24.2 Å². The van der Waals surface area contributed by atoms with Gasteiger partial charge in [0.05, 0.1) is 5.39 Å². The molecule has 0 saturated carbocycles. The van der Waals surface area contributed by atoms with Crippen LogP contribution in [0.5, 0.6) is 0 Å². The fourth-order valence-corrected chi connectivity index (χ4v) is 1.84. The molecule has 0 bridgehead atoms. The number of fused-ring (bicyclic) bond motifs is 1. The number of aliphatic hydroxyl groups excluding tert-OH is 1. The van der Waals surface area contributed by atoms with Gasteiger partial charge in [-0.25, -0.2) is 0 Å². The van der Waals surface area contributed by atoms with E-state index in [1.54, 1.807) is 0 Å². The summed E-state index contributed by atoms with van der Waals surface area (Å²) in [6.45, 7) is 4.32. The number of rotatable bonds is 5. The lowest BCUT2D eigenvalue weighted by Crippen LogP contribution is -2.35. The lowest BCUT2D eigenvalue weighted by Gasteiger charge is -2.28. The highest BCUT2D eigenvalue weighted by Gasteiger charge is 2.23. The Bertz CT molecular complexity index is 495. The van der Waals surface area contributed by atoms with Crippen molar-refractivity contribution in [2.75, 3.05) is 11.9 Å². The molecule has 0 aliphatic rings. The molecule has 0 aliphatic carbocycles. The summed E-state index contributed by atoms with van der Waals surface area (Å²) >= 11 is 0. The van der Waals surface area contributed by atoms with Gasteiger partial charge in [-0.3, -0.25) is 0 Å². The van der Waals surface area contributed by atoms with Gasteiger partial charge in [-0.05, 0) is 31.9 Å². The summed E-state index contributed by atoms with van der Waals surface area (Å²) in [5, 5.41) is 17.5. The van der Waals surface area contributed by atoms with Crippen LogP contribution in [0.15, 0.2) is 28.8 Å². The first kappa shape index (κ1) is 11.9. The minimum absolute atomic E-state index is 0.158. The maximum absolute atomic E-state index is 9.09. The molecule has 0 aliphatic heterocycles. The maximum Gasteiger partial charge on any atom is 0.177 e. The number of benzene rings is 1. The van der Waals surface area contributed by atoms with E-state index in [9.17, 15) is 0 Å². The molecule has 0 fully saturated rings. The molecule has 1 aromatic heterocycles. The number of nitrogens with zero attached hydrogens (tertiary/aromatic N) is 1. The van der Waals surface area contributed by atoms with Gasteiger partial charge in [0.15, 0.2) is 11.4 Å². The number of anilines is 1. The predicted molar refractivity (Wildman–Crippen MR) is 68.0 cm³/mol. The van der Waals surface area contributed by atoms with Crippen LogP contribution in [-0.4, -0.2) is 22.4 Å². The summed E-state index contributed by atoms with van der Waals surface area (Å²) in [7, 11) is 0. The van der Waals surface area contributed by atoms with Gasteiger partial charge < -0.3 is 14.9 Å². The Morgan fingerprint density at radius 2 is 2.18 bits per heavy atom. The molecule has 0 spiro atoms. The Kier molecular flexibility index (Phi) is 3.33. The number of hydrogen-bond donors (Lipinski definition) is 2. The van der Waals surface area contributed by atoms with Crippen LogP contribution in [0.3, 0.4) is 0 Å². The van der Waals surface area contributed by atoms with Crippen LogP contribution < -0.4 is 5.32 Å². The minimum atomic E-state index is -0.158. The summed E-state index contributed by atoms with van der Waals surface area (Å²) in [6, 6.07) is 7.75. The van der Waals surface area contributed by atoms with E-state index < -0.39 is 0 Å². The van der Waals surface area contributed by atoms with E-state index in [0.717, 1.165) is 23.2 Å². The molecule has 1 aromatic carbocycles. The summed E-state index contributed by atoms with van der Waals surface area (Å²) in [4.78, 5) is 0. The second-order valence-corrected chi connectivity index (χ2v) is 4.54. The topological polar surface area (TPSA) is 58.3 Å². The van der Waals surface area contributed by atoms with E-state index in [4.69, 9.17) is 9.63 Å². The first-order valence-corrected chi connectivity index (χ1v) is 5.92. The standard InChI is InChI=1S/C13H18N2O2/c1-3-13(2,8-9-16)14-12-10-6-4-5-7-11(10)17-15-12/h4-7,16H,3,8-9H2,1-2H3,(H,14,15). The van der Waals surface area contributed by atoms with Gasteiger partial charge in [0, 0.05) is 12.1 Å². The van der Waals surface area contributed by atoms with Crippen LogP contribution in [0, 0.1) is 0 Å². The van der Waals surface area contributed by atoms with Crippen LogP contribution in [0.25, 0.3) is 11.0 Å². The summed E-state index contributed by atoms with van der Waals surface area (Å²) < 4.78 is 5.24. The molecular weight excluding hydrogens is 216 g/mol. The van der Waals surface area contributed by atoms with Crippen molar-refractivity contribution in [3.8, 4) is 0 Å². The van der Waals surface area contributed by atoms with Crippen molar-refractivity contribution < 1.29 is 9.63 Å². The number of hydrogen-bond acceptors (Lipinski definition) is 4. The maximum atomic E-state index is 9.09. The average Bonchev–Trinajstić information content (AvgIpc) is 2.73. The third-order valence-corrected chi connectivity index (χ3v) is 3.24. The Hall–Kier alpha value is -1.55. The van der Waals surface area contributed by atoms with E-state index in [-0.39, 0.29) is 12.1 Å². The fraction of sp³-hybridized carbons (Fsp3) is 0.462. The SMILES string of the molecule is CCC(C)(CCO)Nc1noc2ccccc12. The summed E-state index contributed by atoms with van der Waals surface area (Å²) in [6.07, 6.45) is 1.60. The zero-order valence-electron chi connectivity index (χ0n) is 10.2. The molecular formula is C13H18N2O2. The molecule has 92 valence electrons. The van der Waals surface area contributed by atoms with Crippen LogP contribution in [0.4, 0.5) is 5.82 Å². The quantitative estimate of drug-likeness (QED) is 0.835. The zero-order valence-corrected chi connectivity index (χ0v) is 10.2. The molecule has 4 heteroatoms. The molecule has 0 radical (unpaired) electrons. The van der Waals surface area contributed by atoms with Crippen LogP contribution in [-0.2, 0) is 0 Å². The fourth-order valence-electron chi connectivity index (χ4n) is 1.84. The molecule has 2 aromatic rings. The minimum Gasteiger partial charge on any atom is -0.396 e. The van der Waals surface area contributed by atoms with Gasteiger partial charge >= 0.3 is 0 Å². The highest BCUT2D eigenvalue weighted by molar-refractivity contribution is 5.88. The van der Waals surface area contributed by atoms with E-state index in [1.165, 1.54) is 0 Å². The van der Waals surface area contributed by atoms with Gasteiger partial charge in [-0.2, -0.15) is 0 Å².